The van der Waals surface area contributed by atoms with Crippen molar-refractivity contribution in [2.24, 2.45) is 0 Å². The minimum atomic E-state index is -0.197. The molecule has 0 spiro atoms. The normalized spacial score (nSPS) is 10.7. The zero-order valence-electron chi connectivity index (χ0n) is 13.0. The van der Waals surface area contributed by atoms with Crippen molar-refractivity contribution in [1.29, 1.82) is 0 Å². The van der Waals surface area contributed by atoms with E-state index in [1.54, 1.807) is 12.1 Å². The molecule has 3 aromatic rings. The van der Waals surface area contributed by atoms with Gasteiger partial charge < -0.3 is 5.32 Å². The Morgan fingerprint density at radius 2 is 1.96 bits per heavy atom. The summed E-state index contributed by atoms with van der Waals surface area (Å²) >= 11 is 0. The van der Waals surface area contributed by atoms with E-state index < -0.39 is 0 Å². The highest BCUT2D eigenvalue weighted by molar-refractivity contribution is 6.06. The van der Waals surface area contributed by atoms with Gasteiger partial charge in [-0.2, -0.15) is 4.68 Å². The summed E-state index contributed by atoms with van der Waals surface area (Å²) in [5, 5.41) is 14.0. The van der Waals surface area contributed by atoms with Gasteiger partial charge in [-0.05, 0) is 46.2 Å². The number of rotatable bonds is 4. The number of nitrogens with one attached hydrogen (secondary N) is 1. The van der Waals surface area contributed by atoms with Crippen LogP contribution in [0.25, 0.3) is 5.69 Å². The summed E-state index contributed by atoms with van der Waals surface area (Å²) in [4.78, 5) is 12.6. The first-order valence-corrected chi connectivity index (χ1v) is 7.39. The molecule has 3 rings (SSSR count). The van der Waals surface area contributed by atoms with Crippen LogP contribution in [0, 0.1) is 0 Å². The molecule has 6 heteroatoms. The van der Waals surface area contributed by atoms with Crippen LogP contribution < -0.4 is 5.32 Å². The molecule has 1 aromatic heterocycles. The van der Waals surface area contributed by atoms with Gasteiger partial charge in [0, 0.05) is 5.69 Å². The van der Waals surface area contributed by atoms with Crippen molar-refractivity contribution in [2.45, 2.75) is 19.8 Å². The maximum atomic E-state index is 12.6. The Bertz CT molecular complexity index is 811. The largest absolute Gasteiger partial charge is 0.322 e. The van der Waals surface area contributed by atoms with Gasteiger partial charge in [-0.1, -0.05) is 38.1 Å². The number of anilines is 1. The van der Waals surface area contributed by atoms with E-state index in [0.717, 1.165) is 5.69 Å². The van der Waals surface area contributed by atoms with Crippen molar-refractivity contribution in [3.8, 4) is 5.69 Å². The second-order valence-electron chi connectivity index (χ2n) is 5.51. The van der Waals surface area contributed by atoms with Crippen LogP contribution >= 0.6 is 0 Å². The zero-order valence-corrected chi connectivity index (χ0v) is 13.0. The predicted octanol–water partition coefficient (Wildman–Crippen LogP) is 3.04. The molecule has 1 amide bonds. The molecule has 23 heavy (non-hydrogen) atoms. The van der Waals surface area contributed by atoms with Crippen LogP contribution in [0.1, 0.15) is 35.7 Å². The second-order valence-corrected chi connectivity index (χ2v) is 5.51. The lowest BCUT2D eigenvalue weighted by Crippen LogP contribution is -2.15. The zero-order chi connectivity index (χ0) is 16.2. The van der Waals surface area contributed by atoms with E-state index in [4.69, 9.17) is 0 Å². The number of para-hydroxylation sites is 1. The lowest BCUT2D eigenvalue weighted by molar-refractivity contribution is 0.102. The number of benzene rings is 2. The van der Waals surface area contributed by atoms with E-state index in [0.29, 0.717) is 17.2 Å². The first kappa shape index (κ1) is 14.9. The molecule has 116 valence electrons. The van der Waals surface area contributed by atoms with Crippen molar-refractivity contribution in [2.75, 3.05) is 5.32 Å². The van der Waals surface area contributed by atoms with Gasteiger partial charge in [0.25, 0.3) is 5.91 Å². The predicted molar refractivity (Wildman–Crippen MR) is 87.6 cm³/mol. The maximum absolute atomic E-state index is 12.6. The molecule has 6 nitrogen and oxygen atoms in total. The Kier molecular flexibility index (Phi) is 4.14. The molecule has 0 aliphatic rings. The third-order valence-corrected chi connectivity index (χ3v) is 3.56. The van der Waals surface area contributed by atoms with Crippen LogP contribution in [0.3, 0.4) is 0 Å². The third-order valence-electron chi connectivity index (χ3n) is 3.56. The van der Waals surface area contributed by atoms with E-state index in [1.807, 2.05) is 30.3 Å². The Hall–Kier alpha value is -3.02. The van der Waals surface area contributed by atoms with Crippen LogP contribution in [-0.2, 0) is 0 Å². The smallest absolute Gasteiger partial charge is 0.257 e. The van der Waals surface area contributed by atoms with Gasteiger partial charge in [0.2, 0.25) is 0 Å². The minimum Gasteiger partial charge on any atom is -0.322 e. The lowest BCUT2D eigenvalue weighted by Gasteiger charge is -2.11. The van der Waals surface area contributed by atoms with Crippen molar-refractivity contribution in [3.05, 3.63) is 66.0 Å². The quantitative estimate of drug-likeness (QED) is 0.804. The van der Waals surface area contributed by atoms with Crippen LogP contribution in [0.2, 0.25) is 0 Å². The van der Waals surface area contributed by atoms with Crippen molar-refractivity contribution >= 4 is 11.6 Å². The number of tetrazole rings is 1. The van der Waals surface area contributed by atoms with Gasteiger partial charge in [-0.3, -0.25) is 4.79 Å². The molecule has 0 bridgehead atoms. The van der Waals surface area contributed by atoms with Gasteiger partial charge >= 0.3 is 0 Å². The Balaban J connectivity index is 1.89. The SMILES string of the molecule is CC(C)c1cccc(NC(=O)c2ccccc2-n2cnnn2)c1. The summed E-state index contributed by atoms with van der Waals surface area (Å²) in [6.45, 7) is 4.24. The number of aromatic nitrogens is 4. The molecule has 1 N–H and O–H groups in total. The molecule has 1 heterocycles. The van der Waals surface area contributed by atoms with Crippen LogP contribution in [0.4, 0.5) is 5.69 Å². The molecule has 0 aliphatic heterocycles. The van der Waals surface area contributed by atoms with Crippen molar-refractivity contribution in [1.82, 2.24) is 20.2 Å². The number of amides is 1. The number of carbonyl (C=O) groups excluding carboxylic acids is 1. The fraction of sp³-hybridized carbons (Fsp3) is 0.176. The molecule has 0 radical (unpaired) electrons. The topological polar surface area (TPSA) is 72.7 Å². The van der Waals surface area contributed by atoms with Gasteiger partial charge in [-0.15, -0.1) is 5.10 Å². The first-order valence-electron chi connectivity index (χ1n) is 7.39. The fourth-order valence-corrected chi connectivity index (χ4v) is 2.31. The average Bonchev–Trinajstić information content (AvgIpc) is 3.09. The molecule has 0 atom stereocenters. The molecule has 0 fully saturated rings. The van der Waals surface area contributed by atoms with E-state index in [2.05, 4.69) is 40.8 Å². The summed E-state index contributed by atoms with van der Waals surface area (Å²) in [5.41, 5.74) is 3.09. The molecular formula is C17H17N5O. The Labute approximate surface area is 134 Å². The summed E-state index contributed by atoms with van der Waals surface area (Å²) in [6.07, 6.45) is 1.46. The summed E-state index contributed by atoms with van der Waals surface area (Å²) in [5.74, 6) is 0.206. The molecule has 0 saturated carbocycles. The van der Waals surface area contributed by atoms with Crippen molar-refractivity contribution in [3.63, 3.8) is 0 Å². The van der Waals surface area contributed by atoms with Crippen molar-refractivity contribution < 1.29 is 4.79 Å². The monoisotopic (exact) mass is 307 g/mol. The molecule has 0 saturated heterocycles. The van der Waals surface area contributed by atoms with Crippen LogP contribution in [0.15, 0.2) is 54.9 Å². The highest BCUT2D eigenvalue weighted by Crippen LogP contribution is 2.20. The summed E-state index contributed by atoms with van der Waals surface area (Å²) < 4.78 is 1.47. The highest BCUT2D eigenvalue weighted by atomic mass is 16.1. The molecule has 0 aliphatic carbocycles. The number of carbonyl (C=O) groups is 1. The van der Waals surface area contributed by atoms with E-state index in [1.165, 1.54) is 16.6 Å². The highest BCUT2D eigenvalue weighted by Gasteiger charge is 2.13. The van der Waals surface area contributed by atoms with E-state index in [-0.39, 0.29) is 5.91 Å². The van der Waals surface area contributed by atoms with Gasteiger partial charge in [-0.25, -0.2) is 0 Å². The standard InChI is InChI=1S/C17H17N5O/c1-12(2)13-6-5-7-14(10-13)19-17(23)15-8-3-4-9-16(15)22-11-18-20-21-22/h3-12H,1-2H3,(H,19,23). The number of nitrogens with zero attached hydrogens (tertiary/aromatic N) is 4. The van der Waals surface area contributed by atoms with Gasteiger partial charge in [0.05, 0.1) is 11.3 Å². The molecule has 0 unspecified atom stereocenters. The number of hydrogen-bond donors (Lipinski definition) is 1. The van der Waals surface area contributed by atoms with Gasteiger partial charge in [0.15, 0.2) is 0 Å². The molecule has 2 aromatic carbocycles. The van der Waals surface area contributed by atoms with Crippen LogP contribution in [-0.4, -0.2) is 26.1 Å². The first-order chi connectivity index (χ1) is 11.1. The molecular weight excluding hydrogens is 290 g/mol. The number of hydrogen-bond acceptors (Lipinski definition) is 4. The second kappa shape index (κ2) is 6.39. The fourth-order valence-electron chi connectivity index (χ4n) is 2.31. The summed E-state index contributed by atoms with van der Waals surface area (Å²) in [7, 11) is 0. The van der Waals surface area contributed by atoms with E-state index in [9.17, 15) is 4.79 Å². The average molecular weight is 307 g/mol. The minimum absolute atomic E-state index is 0.197. The van der Waals surface area contributed by atoms with E-state index >= 15 is 0 Å². The van der Waals surface area contributed by atoms with Gasteiger partial charge in [0.1, 0.15) is 6.33 Å². The Morgan fingerprint density at radius 1 is 1.13 bits per heavy atom. The Morgan fingerprint density at radius 3 is 2.70 bits per heavy atom. The lowest BCUT2D eigenvalue weighted by atomic mass is 10.0. The summed E-state index contributed by atoms with van der Waals surface area (Å²) in [6, 6.07) is 15.1. The van der Waals surface area contributed by atoms with Crippen LogP contribution in [0.5, 0.6) is 0 Å². The maximum Gasteiger partial charge on any atom is 0.257 e. The third kappa shape index (κ3) is 3.26.